The van der Waals surface area contributed by atoms with Gasteiger partial charge in [-0.2, -0.15) is 0 Å². The van der Waals surface area contributed by atoms with Crippen LogP contribution in [-0.4, -0.2) is 23.1 Å². The molecule has 0 aliphatic carbocycles. The van der Waals surface area contributed by atoms with E-state index in [1.807, 2.05) is 13.0 Å². The first-order chi connectivity index (χ1) is 7.13. The lowest BCUT2D eigenvalue weighted by Gasteiger charge is -2.10. The Balaban J connectivity index is 2.65. The normalized spacial score (nSPS) is 12.9. The van der Waals surface area contributed by atoms with E-state index < -0.39 is 0 Å². The Kier molecular flexibility index (Phi) is 4.49. The quantitative estimate of drug-likeness (QED) is 0.799. The molecule has 15 heavy (non-hydrogen) atoms. The summed E-state index contributed by atoms with van der Waals surface area (Å²) < 4.78 is 5.51. The highest BCUT2D eigenvalue weighted by atomic mass is 16.5. The summed E-state index contributed by atoms with van der Waals surface area (Å²) >= 11 is 0. The van der Waals surface area contributed by atoms with Gasteiger partial charge in [-0.1, -0.05) is 20.8 Å². The second-order valence-electron chi connectivity index (χ2n) is 4.12. The average molecular weight is 209 g/mol. The van der Waals surface area contributed by atoms with E-state index in [-0.39, 0.29) is 5.92 Å². The van der Waals surface area contributed by atoms with E-state index in [4.69, 9.17) is 10.5 Å². The van der Waals surface area contributed by atoms with Crippen molar-refractivity contribution in [1.82, 2.24) is 9.97 Å². The van der Waals surface area contributed by atoms with E-state index in [0.29, 0.717) is 24.9 Å². The number of nitrogens with two attached hydrogens (primary N) is 1. The second-order valence-corrected chi connectivity index (χ2v) is 4.12. The Morgan fingerprint density at radius 3 is 2.67 bits per heavy atom. The number of nitrogens with zero attached hydrogens (tertiary/aromatic N) is 2. The Bertz CT molecular complexity index is 302. The van der Waals surface area contributed by atoms with Crippen LogP contribution in [0.15, 0.2) is 12.4 Å². The van der Waals surface area contributed by atoms with Crippen LogP contribution in [0, 0.1) is 5.92 Å². The molecule has 0 bridgehead atoms. The van der Waals surface area contributed by atoms with E-state index in [1.165, 1.54) is 6.33 Å². The molecule has 0 spiro atoms. The van der Waals surface area contributed by atoms with Gasteiger partial charge in [-0.25, -0.2) is 9.97 Å². The third-order valence-corrected chi connectivity index (χ3v) is 2.09. The van der Waals surface area contributed by atoms with E-state index in [9.17, 15) is 0 Å². The molecular weight excluding hydrogens is 190 g/mol. The lowest BCUT2D eigenvalue weighted by atomic mass is 10.1. The SMILES string of the molecule is CC(C)COc1cc(C(C)CN)ncn1. The lowest BCUT2D eigenvalue weighted by Crippen LogP contribution is -2.11. The Labute approximate surface area is 90.9 Å². The van der Waals surface area contributed by atoms with Gasteiger partial charge in [-0.3, -0.25) is 0 Å². The fraction of sp³-hybridized carbons (Fsp3) is 0.636. The molecule has 0 aliphatic rings. The van der Waals surface area contributed by atoms with Crippen molar-refractivity contribution in [3.05, 3.63) is 18.1 Å². The van der Waals surface area contributed by atoms with Crippen molar-refractivity contribution < 1.29 is 4.74 Å². The highest BCUT2D eigenvalue weighted by Gasteiger charge is 2.07. The Hall–Kier alpha value is -1.16. The molecule has 1 rings (SSSR count). The molecule has 0 saturated carbocycles. The van der Waals surface area contributed by atoms with Crippen molar-refractivity contribution in [2.45, 2.75) is 26.7 Å². The van der Waals surface area contributed by atoms with Crippen molar-refractivity contribution in [3.8, 4) is 5.88 Å². The standard InChI is InChI=1S/C11H19N3O/c1-8(2)6-15-11-4-10(9(3)5-12)13-7-14-11/h4,7-9H,5-6,12H2,1-3H3. The smallest absolute Gasteiger partial charge is 0.216 e. The van der Waals surface area contributed by atoms with Gasteiger partial charge in [0.2, 0.25) is 5.88 Å². The molecule has 4 heteroatoms. The van der Waals surface area contributed by atoms with E-state index in [0.717, 1.165) is 5.69 Å². The summed E-state index contributed by atoms with van der Waals surface area (Å²) in [6, 6.07) is 1.86. The summed E-state index contributed by atoms with van der Waals surface area (Å²) in [7, 11) is 0. The second kappa shape index (κ2) is 5.66. The molecular formula is C11H19N3O. The predicted molar refractivity (Wildman–Crippen MR) is 59.8 cm³/mol. The van der Waals surface area contributed by atoms with Gasteiger partial charge in [-0.05, 0) is 5.92 Å². The molecule has 2 N–H and O–H groups in total. The van der Waals surface area contributed by atoms with Crippen LogP contribution < -0.4 is 10.5 Å². The van der Waals surface area contributed by atoms with Crippen molar-refractivity contribution >= 4 is 0 Å². The third-order valence-electron chi connectivity index (χ3n) is 2.09. The summed E-state index contributed by atoms with van der Waals surface area (Å²) in [6.07, 6.45) is 1.52. The van der Waals surface area contributed by atoms with Crippen LogP contribution >= 0.6 is 0 Å². The zero-order valence-electron chi connectivity index (χ0n) is 9.60. The van der Waals surface area contributed by atoms with Gasteiger partial charge >= 0.3 is 0 Å². The van der Waals surface area contributed by atoms with Crippen LogP contribution in [-0.2, 0) is 0 Å². The molecule has 0 aliphatic heterocycles. The minimum atomic E-state index is 0.245. The molecule has 84 valence electrons. The molecule has 0 fully saturated rings. The summed E-state index contributed by atoms with van der Waals surface area (Å²) in [5, 5.41) is 0. The third kappa shape index (κ3) is 3.83. The van der Waals surface area contributed by atoms with Gasteiger partial charge in [-0.15, -0.1) is 0 Å². The van der Waals surface area contributed by atoms with E-state index in [1.54, 1.807) is 0 Å². The Morgan fingerprint density at radius 2 is 2.07 bits per heavy atom. The van der Waals surface area contributed by atoms with Gasteiger partial charge in [0.25, 0.3) is 0 Å². The van der Waals surface area contributed by atoms with Crippen molar-refractivity contribution in [1.29, 1.82) is 0 Å². The minimum Gasteiger partial charge on any atom is -0.477 e. The largest absolute Gasteiger partial charge is 0.477 e. The number of ether oxygens (including phenoxy) is 1. The van der Waals surface area contributed by atoms with Crippen LogP contribution in [0.3, 0.4) is 0 Å². The fourth-order valence-corrected chi connectivity index (χ4v) is 1.07. The van der Waals surface area contributed by atoms with Crippen LogP contribution in [0.4, 0.5) is 0 Å². The zero-order valence-corrected chi connectivity index (χ0v) is 9.60. The van der Waals surface area contributed by atoms with E-state index >= 15 is 0 Å². The molecule has 1 unspecified atom stereocenters. The molecule has 1 aromatic heterocycles. The van der Waals surface area contributed by atoms with Crippen LogP contribution in [0.2, 0.25) is 0 Å². The monoisotopic (exact) mass is 209 g/mol. The number of rotatable bonds is 5. The summed E-state index contributed by atoms with van der Waals surface area (Å²) in [4.78, 5) is 8.22. The highest BCUT2D eigenvalue weighted by Crippen LogP contribution is 2.15. The maximum absolute atomic E-state index is 5.58. The number of aromatic nitrogens is 2. The molecule has 0 saturated heterocycles. The van der Waals surface area contributed by atoms with Crippen LogP contribution in [0.1, 0.15) is 32.4 Å². The summed E-state index contributed by atoms with van der Waals surface area (Å²) in [5.41, 5.74) is 6.51. The maximum atomic E-state index is 5.58. The van der Waals surface area contributed by atoms with Crippen molar-refractivity contribution in [2.24, 2.45) is 11.7 Å². The summed E-state index contributed by atoms with van der Waals surface area (Å²) in [5.74, 6) is 1.37. The molecule has 4 nitrogen and oxygen atoms in total. The average Bonchev–Trinajstić information content (AvgIpc) is 2.25. The number of hydrogen-bond acceptors (Lipinski definition) is 4. The van der Waals surface area contributed by atoms with Gasteiger partial charge in [0, 0.05) is 18.5 Å². The topological polar surface area (TPSA) is 61.0 Å². The number of hydrogen-bond donors (Lipinski definition) is 1. The Morgan fingerprint density at radius 1 is 1.33 bits per heavy atom. The van der Waals surface area contributed by atoms with Crippen molar-refractivity contribution in [3.63, 3.8) is 0 Å². The van der Waals surface area contributed by atoms with Crippen LogP contribution in [0.5, 0.6) is 5.88 Å². The van der Waals surface area contributed by atoms with E-state index in [2.05, 4.69) is 23.8 Å². The summed E-state index contributed by atoms with van der Waals surface area (Å²) in [6.45, 7) is 7.50. The molecule has 0 radical (unpaired) electrons. The van der Waals surface area contributed by atoms with Gasteiger partial charge < -0.3 is 10.5 Å². The molecule has 1 heterocycles. The highest BCUT2D eigenvalue weighted by molar-refractivity contribution is 5.16. The van der Waals surface area contributed by atoms with Crippen molar-refractivity contribution in [2.75, 3.05) is 13.2 Å². The first kappa shape index (κ1) is 11.9. The maximum Gasteiger partial charge on any atom is 0.216 e. The fourth-order valence-electron chi connectivity index (χ4n) is 1.07. The lowest BCUT2D eigenvalue weighted by molar-refractivity contribution is 0.260. The predicted octanol–water partition coefficient (Wildman–Crippen LogP) is 1.57. The zero-order chi connectivity index (χ0) is 11.3. The van der Waals surface area contributed by atoms with Gasteiger partial charge in [0.15, 0.2) is 0 Å². The first-order valence-corrected chi connectivity index (χ1v) is 5.28. The molecule has 0 aromatic carbocycles. The van der Waals surface area contributed by atoms with Gasteiger partial charge in [0.05, 0.1) is 12.3 Å². The first-order valence-electron chi connectivity index (χ1n) is 5.28. The van der Waals surface area contributed by atoms with Gasteiger partial charge in [0.1, 0.15) is 6.33 Å². The molecule has 1 aromatic rings. The molecule has 0 amide bonds. The minimum absolute atomic E-state index is 0.245. The van der Waals surface area contributed by atoms with Crippen LogP contribution in [0.25, 0.3) is 0 Å². The molecule has 1 atom stereocenters.